The Balaban J connectivity index is 1.14. The molecule has 1 saturated heterocycles. The lowest BCUT2D eigenvalue weighted by atomic mass is 9.97. The number of hydrogen-bond acceptors (Lipinski definition) is 12. The van der Waals surface area contributed by atoms with Gasteiger partial charge in [-0.05, 0) is 109 Å². The number of rotatable bonds is 67. The molecule has 1 aliphatic heterocycles. The zero-order valence-electron chi connectivity index (χ0n) is 69.0. The molecule has 0 unspecified atom stereocenters. The minimum atomic E-state index is -1.04. The highest BCUT2D eigenvalue weighted by Crippen LogP contribution is 2.34. The van der Waals surface area contributed by atoms with E-state index in [1.807, 2.05) is 109 Å². The summed E-state index contributed by atoms with van der Waals surface area (Å²) in [7, 11) is 3.37. The first-order valence-corrected chi connectivity index (χ1v) is 43.7. The van der Waals surface area contributed by atoms with Gasteiger partial charge in [-0.25, -0.2) is 0 Å². The number of hydrogen-bond donors (Lipinski definition) is 1. The van der Waals surface area contributed by atoms with Gasteiger partial charge in [-0.3, -0.25) is 4.79 Å². The van der Waals surface area contributed by atoms with Gasteiger partial charge in [-0.2, -0.15) is 0 Å². The maximum Gasteiger partial charge on any atom is 0.220 e. The van der Waals surface area contributed by atoms with E-state index >= 15 is 4.79 Å². The van der Waals surface area contributed by atoms with Crippen LogP contribution in [0.5, 0.6) is 11.5 Å². The van der Waals surface area contributed by atoms with Crippen molar-refractivity contribution < 1.29 is 52.2 Å². The summed E-state index contributed by atoms with van der Waals surface area (Å²) in [6.07, 6.45) is 38.9. The highest BCUT2D eigenvalue weighted by molar-refractivity contribution is 5.76. The molecule has 0 radical (unpaired) electrons. The number of benzene rings is 6. The van der Waals surface area contributed by atoms with Crippen molar-refractivity contribution in [2.75, 3.05) is 47.1 Å². The molecule has 0 spiro atoms. The standard InChI is InChI=1S/C97H146N2O11/c1-6-9-12-15-18-19-20-21-22-25-30-47-60-90(104-74-85-62-66-87(101-4)67-63-85)93(105-78-86-64-68-88(102-5)69-65-86)89(98-92(100)61-48-31-26-23-24-29-34-51-72-99(70-49-32-27-16-13-10-7-2)71-50-33-28-17-14-11-8-3)79-109-97-96(108-77-84-58-45-38-46-59-84)95(107-76-83-56-43-37-44-57-83)94(106-75-82-54-41-36-42-55-82)91(110-97)80-103-73-81-52-39-35-40-53-81/h35-46,52-59,62-69,89-91,93-97H,6-34,47-51,60-61,70-80H2,1-5H3,(H,98,100)/t89-,90+,91+,93-,94-,95-,96+,97-/m0/s1. The van der Waals surface area contributed by atoms with Crippen molar-refractivity contribution in [3.05, 3.63) is 203 Å². The third-order valence-corrected chi connectivity index (χ3v) is 21.7. The van der Waals surface area contributed by atoms with Crippen LogP contribution in [0.4, 0.5) is 0 Å². The molecule has 8 atom stereocenters. The Labute approximate surface area is 667 Å². The zero-order valence-corrected chi connectivity index (χ0v) is 69.0. The summed E-state index contributed by atoms with van der Waals surface area (Å²) >= 11 is 0. The molecule has 1 aliphatic rings. The molecule has 0 aliphatic carbocycles. The highest BCUT2D eigenvalue weighted by atomic mass is 16.7. The fraction of sp³-hybridized carbons (Fsp3) is 0.619. The number of carbonyl (C=O) groups excluding carboxylic acids is 1. The average molecular weight is 1520 g/mol. The number of amides is 1. The Morgan fingerprint density at radius 2 is 0.727 bits per heavy atom. The Morgan fingerprint density at radius 3 is 1.15 bits per heavy atom. The summed E-state index contributed by atoms with van der Waals surface area (Å²) in [5, 5.41) is 3.59. The van der Waals surface area contributed by atoms with Crippen LogP contribution in [0.25, 0.3) is 0 Å². The molecule has 6 aromatic carbocycles. The summed E-state index contributed by atoms with van der Waals surface area (Å²) in [6, 6.07) is 56.2. The fourth-order valence-electron chi connectivity index (χ4n) is 15.0. The van der Waals surface area contributed by atoms with Crippen molar-refractivity contribution in [2.45, 2.75) is 341 Å². The van der Waals surface area contributed by atoms with E-state index in [0.29, 0.717) is 32.7 Å². The fourth-order valence-corrected chi connectivity index (χ4v) is 15.0. The summed E-state index contributed by atoms with van der Waals surface area (Å²) in [5.41, 5.74) is 6.00. The number of methoxy groups -OCH3 is 2. The molecule has 1 fully saturated rings. The van der Waals surface area contributed by atoms with Gasteiger partial charge in [-0.1, -0.05) is 359 Å². The lowest BCUT2D eigenvalue weighted by Crippen LogP contribution is -2.62. The number of carbonyl (C=O) groups is 1. The van der Waals surface area contributed by atoms with E-state index in [1.54, 1.807) is 14.2 Å². The van der Waals surface area contributed by atoms with Crippen LogP contribution in [-0.2, 0) is 82.3 Å². The van der Waals surface area contributed by atoms with Crippen LogP contribution < -0.4 is 14.8 Å². The van der Waals surface area contributed by atoms with Crippen molar-refractivity contribution in [3.63, 3.8) is 0 Å². The quantitative estimate of drug-likeness (QED) is 0.0366. The minimum Gasteiger partial charge on any atom is -0.497 e. The van der Waals surface area contributed by atoms with E-state index in [0.717, 1.165) is 83.4 Å². The van der Waals surface area contributed by atoms with E-state index in [9.17, 15) is 0 Å². The first kappa shape index (κ1) is 91.2. The first-order chi connectivity index (χ1) is 54.4. The third-order valence-electron chi connectivity index (χ3n) is 21.7. The Kier molecular flexibility index (Phi) is 49.5. The normalized spacial score (nSPS) is 16.6. The monoisotopic (exact) mass is 1520 g/mol. The number of nitrogens with one attached hydrogen (secondary N) is 1. The molecule has 1 amide bonds. The molecule has 1 N–H and O–H groups in total. The second kappa shape index (κ2) is 59.7. The maximum atomic E-state index is 15.1. The molecular formula is C97H146N2O11. The van der Waals surface area contributed by atoms with Crippen molar-refractivity contribution in [1.82, 2.24) is 10.2 Å². The van der Waals surface area contributed by atoms with Crippen molar-refractivity contribution in [3.8, 4) is 11.5 Å². The van der Waals surface area contributed by atoms with Gasteiger partial charge in [0.25, 0.3) is 0 Å². The molecule has 7 rings (SSSR count). The van der Waals surface area contributed by atoms with Crippen LogP contribution in [0.2, 0.25) is 0 Å². The van der Waals surface area contributed by atoms with Crippen LogP contribution >= 0.6 is 0 Å². The van der Waals surface area contributed by atoms with E-state index in [-0.39, 0.29) is 38.9 Å². The number of nitrogens with zero attached hydrogens (tertiary/aromatic N) is 1. The SMILES string of the molecule is CCCCCCCCCCCCCC[C@@H](OCc1ccc(OC)cc1)[C@@H](OCc1ccc(OC)cc1)[C@H](CO[C@H]1O[C@H](COCc2ccccc2)[C@H](OCc2ccccc2)[C@H](OCc2ccccc2)[C@H]1OCc1ccccc1)NC(=O)CCCCCCCCCCN(CCCCCCCCC)CCCCCCCCC. The van der Waals surface area contributed by atoms with Gasteiger partial charge in [0.05, 0.1) is 79.2 Å². The second-order valence-corrected chi connectivity index (χ2v) is 31.0. The lowest BCUT2D eigenvalue weighted by molar-refractivity contribution is -0.330. The van der Waals surface area contributed by atoms with E-state index in [1.165, 1.54) is 199 Å². The highest BCUT2D eigenvalue weighted by Gasteiger charge is 2.50. The third kappa shape index (κ3) is 39.2. The molecule has 0 aromatic heterocycles. The van der Waals surface area contributed by atoms with Gasteiger partial charge < -0.3 is 57.6 Å². The Morgan fingerprint density at radius 1 is 0.373 bits per heavy atom. The molecule has 0 bridgehead atoms. The molecule has 0 saturated carbocycles. The van der Waals surface area contributed by atoms with Crippen molar-refractivity contribution in [1.29, 1.82) is 0 Å². The van der Waals surface area contributed by atoms with Crippen LogP contribution in [0.1, 0.15) is 285 Å². The second-order valence-electron chi connectivity index (χ2n) is 31.0. The minimum absolute atomic E-state index is 0.00965. The van der Waals surface area contributed by atoms with Crippen LogP contribution in [0.15, 0.2) is 170 Å². The largest absolute Gasteiger partial charge is 0.497 e. The van der Waals surface area contributed by atoms with Crippen LogP contribution in [0, 0.1) is 0 Å². The summed E-state index contributed by atoms with van der Waals surface area (Å²) in [4.78, 5) is 17.9. The van der Waals surface area contributed by atoms with Crippen molar-refractivity contribution in [2.24, 2.45) is 0 Å². The first-order valence-electron chi connectivity index (χ1n) is 43.7. The smallest absolute Gasteiger partial charge is 0.220 e. The molecule has 6 aromatic rings. The predicted octanol–water partition coefficient (Wildman–Crippen LogP) is 23.8. The van der Waals surface area contributed by atoms with Gasteiger partial charge >= 0.3 is 0 Å². The number of ether oxygens (including phenoxy) is 10. The van der Waals surface area contributed by atoms with Crippen LogP contribution in [0.3, 0.4) is 0 Å². The molecule has 1 heterocycles. The molecular weight excluding hydrogens is 1370 g/mol. The van der Waals surface area contributed by atoms with Crippen LogP contribution in [-0.4, -0.2) is 107 Å². The van der Waals surface area contributed by atoms with E-state index in [2.05, 4.69) is 91.7 Å². The van der Waals surface area contributed by atoms with Gasteiger partial charge in [0.2, 0.25) is 5.91 Å². The lowest BCUT2D eigenvalue weighted by Gasteiger charge is -2.46. The Bertz CT molecular complexity index is 3090. The van der Waals surface area contributed by atoms with Gasteiger partial charge in [0.15, 0.2) is 6.29 Å². The summed E-state index contributed by atoms with van der Waals surface area (Å²) < 4.78 is 68.7. The molecule has 13 heteroatoms. The molecule has 110 heavy (non-hydrogen) atoms. The summed E-state index contributed by atoms with van der Waals surface area (Å²) in [6.45, 7) is 12.5. The van der Waals surface area contributed by atoms with Crippen molar-refractivity contribution >= 4 is 5.91 Å². The maximum absolute atomic E-state index is 15.1. The topological polar surface area (TPSA) is 125 Å². The van der Waals surface area contributed by atoms with Gasteiger partial charge in [-0.15, -0.1) is 0 Å². The zero-order chi connectivity index (χ0) is 77.2. The average Bonchev–Trinajstić information content (AvgIpc) is 0.786. The van der Waals surface area contributed by atoms with E-state index in [4.69, 9.17) is 47.4 Å². The summed E-state index contributed by atoms with van der Waals surface area (Å²) in [5.74, 6) is 1.48. The Hall–Kier alpha value is -5.97. The van der Waals surface area contributed by atoms with Gasteiger partial charge in [0, 0.05) is 6.42 Å². The predicted molar refractivity (Wildman–Crippen MR) is 451 cm³/mol. The van der Waals surface area contributed by atoms with Gasteiger partial charge in [0.1, 0.15) is 42.0 Å². The molecule has 13 nitrogen and oxygen atoms in total. The van der Waals surface area contributed by atoms with E-state index < -0.39 is 49.0 Å². The number of unbranched alkanes of at least 4 members (excludes halogenated alkanes) is 30. The molecule has 610 valence electrons.